The summed E-state index contributed by atoms with van der Waals surface area (Å²) >= 11 is 1.95. The number of hydrogen-bond acceptors (Lipinski definition) is 4. The first-order valence-corrected chi connectivity index (χ1v) is 7.45. The Balaban J connectivity index is 1.80. The second-order valence-corrected chi connectivity index (χ2v) is 5.67. The molecule has 1 saturated heterocycles. The molecule has 0 atom stereocenters. The number of nitrogens with one attached hydrogen (secondary N) is 1. The lowest BCUT2D eigenvalue weighted by Crippen LogP contribution is -2.39. The van der Waals surface area contributed by atoms with Crippen LogP contribution in [-0.4, -0.2) is 48.5 Å². The van der Waals surface area contributed by atoms with Crippen molar-refractivity contribution in [3.8, 4) is 0 Å². The van der Waals surface area contributed by atoms with E-state index in [1.54, 1.807) is 0 Å². The number of carbonyl (C=O) groups excluding carboxylic acids is 1. The second kappa shape index (κ2) is 6.77. The predicted molar refractivity (Wildman–Crippen MR) is 76.9 cm³/mol. The minimum Gasteiger partial charge on any atom is -0.399 e. The van der Waals surface area contributed by atoms with E-state index >= 15 is 0 Å². The maximum absolute atomic E-state index is 13.5. The summed E-state index contributed by atoms with van der Waals surface area (Å²) in [4.78, 5) is 14.1. The molecule has 4 nitrogen and oxygen atoms in total. The number of thioether (sulfide) groups is 1. The van der Waals surface area contributed by atoms with Crippen molar-refractivity contribution in [1.82, 2.24) is 10.2 Å². The van der Waals surface area contributed by atoms with Crippen LogP contribution in [0.1, 0.15) is 10.4 Å². The van der Waals surface area contributed by atoms with E-state index in [0.717, 1.165) is 37.2 Å². The SMILES string of the molecule is Nc1ccc(C(=O)NCCN2CCSCC2)c(F)c1. The highest BCUT2D eigenvalue weighted by Crippen LogP contribution is 2.11. The van der Waals surface area contributed by atoms with Gasteiger partial charge in [0, 0.05) is 43.4 Å². The zero-order valence-corrected chi connectivity index (χ0v) is 11.5. The van der Waals surface area contributed by atoms with Gasteiger partial charge in [0.1, 0.15) is 5.82 Å². The fourth-order valence-corrected chi connectivity index (χ4v) is 2.94. The Morgan fingerprint density at radius 3 is 2.84 bits per heavy atom. The summed E-state index contributed by atoms with van der Waals surface area (Å²) < 4.78 is 13.5. The minimum absolute atomic E-state index is 0.0448. The molecular formula is C13H18FN3OS. The van der Waals surface area contributed by atoms with E-state index in [-0.39, 0.29) is 11.5 Å². The molecule has 1 fully saturated rings. The second-order valence-electron chi connectivity index (χ2n) is 4.45. The van der Waals surface area contributed by atoms with Crippen molar-refractivity contribution in [3.05, 3.63) is 29.6 Å². The molecule has 0 spiro atoms. The third kappa shape index (κ3) is 4.11. The van der Waals surface area contributed by atoms with Crippen LogP contribution in [0.4, 0.5) is 10.1 Å². The number of halogens is 1. The molecule has 1 aliphatic heterocycles. The minimum atomic E-state index is -0.577. The van der Waals surface area contributed by atoms with Gasteiger partial charge in [-0.05, 0) is 18.2 Å². The van der Waals surface area contributed by atoms with Gasteiger partial charge in [0.25, 0.3) is 5.91 Å². The number of benzene rings is 1. The Morgan fingerprint density at radius 1 is 1.42 bits per heavy atom. The first kappa shape index (κ1) is 14.1. The number of carbonyl (C=O) groups is 1. The van der Waals surface area contributed by atoms with E-state index in [0.29, 0.717) is 12.2 Å². The van der Waals surface area contributed by atoms with Crippen molar-refractivity contribution in [2.75, 3.05) is 43.4 Å². The topological polar surface area (TPSA) is 58.4 Å². The Morgan fingerprint density at radius 2 is 2.16 bits per heavy atom. The van der Waals surface area contributed by atoms with Crippen LogP contribution in [0.5, 0.6) is 0 Å². The van der Waals surface area contributed by atoms with Crippen LogP contribution in [-0.2, 0) is 0 Å². The van der Waals surface area contributed by atoms with Gasteiger partial charge in [-0.15, -0.1) is 0 Å². The van der Waals surface area contributed by atoms with E-state index in [1.165, 1.54) is 12.1 Å². The summed E-state index contributed by atoms with van der Waals surface area (Å²) in [7, 11) is 0. The number of amides is 1. The lowest BCUT2D eigenvalue weighted by molar-refractivity contribution is 0.0945. The Bertz CT molecular complexity index is 450. The highest BCUT2D eigenvalue weighted by molar-refractivity contribution is 7.99. The molecule has 1 heterocycles. The molecule has 3 N–H and O–H groups in total. The first-order valence-electron chi connectivity index (χ1n) is 6.30. The molecule has 0 unspecified atom stereocenters. The van der Waals surface area contributed by atoms with Gasteiger partial charge in [-0.1, -0.05) is 0 Å². The third-order valence-electron chi connectivity index (χ3n) is 3.06. The molecule has 0 aliphatic carbocycles. The molecule has 0 bridgehead atoms. The highest BCUT2D eigenvalue weighted by atomic mass is 32.2. The number of nitrogen functional groups attached to an aromatic ring is 1. The van der Waals surface area contributed by atoms with E-state index in [9.17, 15) is 9.18 Å². The Kier molecular flexibility index (Phi) is 5.04. The Labute approximate surface area is 116 Å². The van der Waals surface area contributed by atoms with Gasteiger partial charge in [-0.2, -0.15) is 11.8 Å². The summed E-state index contributed by atoms with van der Waals surface area (Å²) in [5, 5.41) is 2.74. The summed E-state index contributed by atoms with van der Waals surface area (Å²) in [5.41, 5.74) is 5.81. The summed E-state index contributed by atoms with van der Waals surface area (Å²) in [6.07, 6.45) is 0. The lowest BCUT2D eigenvalue weighted by atomic mass is 10.2. The van der Waals surface area contributed by atoms with Crippen molar-refractivity contribution in [2.45, 2.75) is 0 Å². The smallest absolute Gasteiger partial charge is 0.254 e. The molecule has 2 rings (SSSR count). The standard InChI is InChI=1S/C13H18FN3OS/c14-12-9-10(15)1-2-11(12)13(18)16-3-4-17-5-7-19-8-6-17/h1-2,9H,3-8,15H2,(H,16,18). The van der Waals surface area contributed by atoms with E-state index in [2.05, 4.69) is 10.2 Å². The molecule has 0 aromatic heterocycles. The Hall–Kier alpha value is -1.27. The fourth-order valence-electron chi connectivity index (χ4n) is 1.96. The number of nitrogens with zero attached hydrogens (tertiary/aromatic N) is 1. The van der Waals surface area contributed by atoms with Crippen molar-refractivity contribution in [3.63, 3.8) is 0 Å². The van der Waals surface area contributed by atoms with E-state index < -0.39 is 5.82 Å². The molecule has 6 heteroatoms. The molecular weight excluding hydrogens is 265 g/mol. The molecule has 104 valence electrons. The van der Waals surface area contributed by atoms with Gasteiger partial charge in [0.2, 0.25) is 0 Å². The monoisotopic (exact) mass is 283 g/mol. The van der Waals surface area contributed by atoms with Gasteiger partial charge in [0.05, 0.1) is 5.56 Å². The van der Waals surface area contributed by atoms with Crippen molar-refractivity contribution >= 4 is 23.4 Å². The average Bonchev–Trinajstić information content (AvgIpc) is 2.39. The largest absolute Gasteiger partial charge is 0.399 e. The lowest BCUT2D eigenvalue weighted by Gasteiger charge is -2.26. The van der Waals surface area contributed by atoms with Crippen molar-refractivity contribution in [1.29, 1.82) is 0 Å². The van der Waals surface area contributed by atoms with Gasteiger partial charge in [0.15, 0.2) is 0 Å². The zero-order valence-electron chi connectivity index (χ0n) is 10.7. The third-order valence-corrected chi connectivity index (χ3v) is 4.00. The van der Waals surface area contributed by atoms with Crippen molar-refractivity contribution < 1.29 is 9.18 Å². The highest BCUT2D eigenvalue weighted by Gasteiger charge is 2.13. The summed E-state index contributed by atoms with van der Waals surface area (Å²) in [6.45, 7) is 3.45. The molecule has 1 aromatic rings. The first-order chi connectivity index (χ1) is 9.16. The number of nitrogens with two attached hydrogens (primary N) is 1. The van der Waals surface area contributed by atoms with Crippen LogP contribution in [0.15, 0.2) is 18.2 Å². The van der Waals surface area contributed by atoms with E-state index in [4.69, 9.17) is 5.73 Å². The summed E-state index contributed by atoms with van der Waals surface area (Å²) in [5.74, 6) is 1.32. The fraction of sp³-hybridized carbons (Fsp3) is 0.462. The van der Waals surface area contributed by atoms with E-state index in [1.807, 2.05) is 11.8 Å². The van der Waals surface area contributed by atoms with Crippen LogP contribution in [0, 0.1) is 5.82 Å². The zero-order chi connectivity index (χ0) is 13.7. The quantitative estimate of drug-likeness (QED) is 0.815. The normalized spacial score (nSPS) is 16.3. The van der Waals surface area contributed by atoms with Crippen LogP contribution in [0.25, 0.3) is 0 Å². The van der Waals surface area contributed by atoms with Crippen LogP contribution < -0.4 is 11.1 Å². The van der Waals surface area contributed by atoms with Gasteiger partial charge < -0.3 is 11.1 Å². The van der Waals surface area contributed by atoms with Gasteiger partial charge >= 0.3 is 0 Å². The molecule has 19 heavy (non-hydrogen) atoms. The summed E-state index contributed by atoms with van der Waals surface area (Å²) in [6, 6.07) is 4.11. The van der Waals surface area contributed by atoms with Crippen molar-refractivity contribution in [2.24, 2.45) is 0 Å². The number of hydrogen-bond donors (Lipinski definition) is 2. The maximum Gasteiger partial charge on any atom is 0.254 e. The molecule has 1 aromatic carbocycles. The number of anilines is 1. The predicted octanol–water partition coefficient (Wildman–Crippen LogP) is 1.19. The average molecular weight is 283 g/mol. The molecule has 0 saturated carbocycles. The molecule has 0 radical (unpaired) electrons. The van der Waals surface area contributed by atoms with Crippen LogP contribution in [0.2, 0.25) is 0 Å². The molecule has 1 aliphatic rings. The van der Waals surface area contributed by atoms with Crippen LogP contribution in [0.3, 0.4) is 0 Å². The maximum atomic E-state index is 13.5. The van der Waals surface area contributed by atoms with Gasteiger partial charge in [-0.3, -0.25) is 9.69 Å². The molecule has 1 amide bonds. The van der Waals surface area contributed by atoms with Crippen LogP contribution >= 0.6 is 11.8 Å². The number of rotatable bonds is 4. The van der Waals surface area contributed by atoms with Gasteiger partial charge in [-0.25, -0.2) is 4.39 Å².